The minimum Gasteiger partial charge on any atom is -0.497 e. The third-order valence-corrected chi connectivity index (χ3v) is 5.11. The molecule has 1 fully saturated rings. The van der Waals surface area contributed by atoms with E-state index in [-0.39, 0.29) is 36.8 Å². The van der Waals surface area contributed by atoms with Gasteiger partial charge in [0.05, 0.1) is 7.11 Å². The summed E-state index contributed by atoms with van der Waals surface area (Å²) in [5.41, 5.74) is 7.31. The van der Waals surface area contributed by atoms with Gasteiger partial charge in [-0.2, -0.15) is 0 Å². The number of ether oxygens (including phenoxy) is 1. The number of methoxy groups -OCH3 is 1. The third kappa shape index (κ3) is 4.85. The van der Waals surface area contributed by atoms with Crippen LogP contribution in [0.15, 0.2) is 29.6 Å². The summed E-state index contributed by atoms with van der Waals surface area (Å²) in [5.74, 6) is 0.803. The van der Waals surface area contributed by atoms with Gasteiger partial charge in [-0.3, -0.25) is 4.79 Å². The maximum atomic E-state index is 12.7. The number of benzene rings is 1. The Balaban J connectivity index is 0.00000156. The van der Waals surface area contributed by atoms with Gasteiger partial charge in [0.15, 0.2) is 0 Å². The summed E-state index contributed by atoms with van der Waals surface area (Å²) in [7, 11) is 1.64. The molecular weight excluding hydrogens is 381 g/mol. The van der Waals surface area contributed by atoms with E-state index in [0.29, 0.717) is 12.2 Å². The Morgan fingerprint density at radius 3 is 2.68 bits per heavy atom. The van der Waals surface area contributed by atoms with Gasteiger partial charge in [-0.1, -0.05) is 0 Å². The normalized spacial score (nSPS) is 16.6. The van der Waals surface area contributed by atoms with Gasteiger partial charge in [0, 0.05) is 30.1 Å². The Labute approximate surface area is 164 Å². The van der Waals surface area contributed by atoms with E-state index in [1.54, 1.807) is 7.11 Å². The molecule has 2 aromatic rings. The van der Waals surface area contributed by atoms with Crippen molar-refractivity contribution in [3.63, 3.8) is 0 Å². The maximum Gasteiger partial charge on any atom is 0.273 e. The first-order valence-electron chi connectivity index (χ1n) is 7.84. The van der Waals surface area contributed by atoms with Crippen LogP contribution < -0.4 is 10.5 Å². The summed E-state index contributed by atoms with van der Waals surface area (Å²) in [6.45, 7) is 1.29. The van der Waals surface area contributed by atoms with Gasteiger partial charge in [0.25, 0.3) is 5.91 Å². The van der Waals surface area contributed by atoms with Crippen LogP contribution in [0.4, 0.5) is 0 Å². The third-order valence-electron chi connectivity index (χ3n) is 4.22. The predicted octanol–water partition coefficient (Wildman–Crippen LogP) is 3.62. The number of rotatable bonds is 4. The number of amides is 1. The topological polar surface area (TPSA) is 68.5 Å². The summed E-state index contributed by atoms with van der Waals surface area (Å²) in [5, 5.41) is 2.68. The monoisotopic (exact) mass is 403 g/mol. The largest absolute Gasteiger partial charge is 0.497 e. The van der Waals surface area contributed by atoms with E-state index in [2.05, 4.69) is 4.98 Å². The molecule has 0 saturated carbocycles. The summed E-state index contributed by atoms with van der Waals surface area (Å²) < 4.78 is 5.16. The molecule has 8 heteroatoms. The highest BCUT2D eigenvalue weighted by Crippen LogP contribution is 2.27. The lowest BCUT2D eigenvalue weighted by Crippen LogP contribution is -2.47. The Kier molecular flexibility index (Phi) is 8.65. The number of nitrogens with two attached hydrogens (primary N) is 1. The second-order valence-corrected chi connectivity index (χ2v) is 6.51. The number of hydrogen-bond donors (Lipinski definition) is 1. The van der Waals surface area contributed by atoms with Crippen LogP contribution in [0.3, 0.4) is 0 Å². The van der Waals surface area contributed by atoms with E-state index in [1.807, 2.05) is 34.5 Å². The molecule has 25 heavy (non-hydrogen) atoms. The number of likely N-dealkylation sites (tertiary alicyclic amines) is 1. The van der Waals surface area contributed by atoms with E-state index in [4.69, 9.17) is 10.5 Å². The molecule has 0 aliphatic carbocycles. The zero-order valence-electron chi connectivity index (χ0n) is 14.0. The number of carbonyl (C=O) groups excluding carboxylic acids is 1. The van der Waals surface area contributed by atoms with Gasteiger partial charge < -0.3 is 15.4 Å². The molecule has 2 heterocycles. The van der Waals surface area contributed by atoms with E-state index < -0.39 is 0 Å². The van der Waals surface area contributed by atoms with Gasteiger partial charge in [-0.25, -0.2) is 4.98 Å². The van der Waals surface area contributed by atoms with Gasteiger partial charge in [0.2, 0.25) is 0 Å². The Morgan fingerprint density at radius 2 is 2.04 bits per heavy atom. The van der Waals surface area contributed by atoms with E-state index in [1.165, 1.54) is 11.3 Å². The molecule has 1 atom stereocenters. The molecule has 1 amide bonds. The lowest BCUT2D eigenvalue weighted by atomic mass is 10.0. The number of nitrogens with zero attached hydrogens (tertiary/aromatic N) is 2. The minimum atomic E-state index is -0.00355. The molecule has 0 spiro atoms. The fourth-order valence-corrected chi connectivity index (χ4v) is 3.70. The Hall–Kier alpha value is -1.34. The van der Waals surface area contributed by atoms with Gasteiger partial charge in [-0.15, -0.1) is 36.2 Å². The Bertz CT molecular complexity index is 679. The molecule has 2 N–H and O–H groups in total. The predicted molar refractivity (Wildman–Crippen MR) is 106 cm³/mol. The second kappa shape index (κ2) is 9.97. The number of halogens is 2. The number of carbonyl (C=O) groups is 1. The van der Waals surface area contributed by atoms with Crippen LogP contribution in [0.5, 0.6) is 5.75 Å². The van der Waals surface area contributed by atoms with Crippen molar-refractivity contribution in [3.8, 4) is 16.3 Å². The van der Waals surface area contributed by atoms with Crippen LogP contribution >= 0.6 is 36.2 Å². The molecule has 1 aliphatic rings. The molecule has 1 aliphatic heterocycles. The summed E-state index contributed by atoms with van der Waals surface area (Å²) in [6.07, 6.45) is 3.16. The van der Waals surface area contributed by atoms with Crippen LogP contribution in [0.25, 0.3) is 10.6 Å². The standard InChI is InChI=1S/C17H21N3O2S.2ClH/c1-22-14-7-5-12(6-8-14)16-19-15(11-23-16)17(21)20-9-3-2-4-13(20)10-18;;/h5-8,11,13H,2-4,9-10,18H2,1H3;2*1H. The first kappa shape index (κ1) is 21.7. The molecule has 138 valence electrons. The van der Waals surface area contributed by atoms with Crippen molar-refractivity contribution >= 4 is 42.1 Å². The average Bonchev–Trinajstić information content (AvgIpc) is 3.11. The highest BCUT2D eigenvalue weighted by Gasteiger charge is 2.27. The summed E-state index contributed by atoms with van der Waals surface area (Å²) in [6, 6.07) is 7.84. The zero-order chi connectivity index (χ0) is 16.2. The van der Waals surface area contributed by atoms with Crippen LogP contribution in [-0.2, 0) is 0 Å². The number of thiazole rings is 1. The van der Waals surface area contributed by atoms with Crippen molar-refractivity contribution in [2.24, 2.45) is 5.73 Å². The molecular formula is C17H23Cl2N3O2S. The van der Waals surface area contributed by atoms with Crippen molar-refractivity contribution in [1.29, 1.82) is 0 Å². The fraction of sp³-hybridized carbons (Fsp3) is 0.412. The van der Waals surface area contributed by atoms with Crippen LogP contribution in [0.1, 0.15) is 29.8 Å². The van der Waals surface area contributed by atoms with Gasteiger partial charge in [-0.05, 0) is 43.5 Å². The summed E-state index contributed by atoms with van der Waals surface area (Å²) >= 11 is 1.49. The van der Waals surface area contributed by atoms with E-state index >= 15 is 0 Å². The summed E-state index contributed by atoms with van der Waals surface area (Å²) in [4.78, 5) is 19.1. The zero-order valence-corrected chi connectivity index (χ0v) is 16.5. The number of hydrogen-bond acceptors (Lipinski definition) is 5. The van der Waals surface area contributed by atoms with Crippen LogP contribution in [0, 0.1) is 0 Å². The van der Waals surface area contributed by atoms with Crippen LogP contribution in [-0.4, -0.2) is 42.0 Å². The van der Waals surface area contributed by atoms with Crippen molar-refractivity contribution in [3.05, 3.63) is 35.3 Å². The maximum absolute atomic E-state index is 12.7. The molecule has 3 rings (SSSR count). The average molecular weight is 404 g/mol. The second-order valence-electron chi connectivity index (χ2n) is 5.65. The van der Waals surface area contributed by atoms with Gasteiger partial charge >= 0.3 is 0 Å². The van der Waals surface area contributed by atoms with E-state index in [9.17, 15) is 4.79 Å². The van der Waals surface area contributed by atoms with Crippen molar-refractivity contribution in [2.75, 3.05) is 20.2 Å². The van der Waals surface area contributed by atoms with Crippen molar-refractivity contribution < 1.29 is 9.53 Å². The van der Waals surface area contributed by atoms with Gasteiger partial charge in [0.1, 0.15) is 16.5 Å². The van der Waals surface area contributed by atoms with Crippen molar-refractivity contribution in [2.45, 2.75) is 25.3 Å². The molecule has 1 saturated heterocycles. The highest BCUT2D eigenvalue weighted by molar-refractivity contribution is 7.13. The molecule has 5 nitrogen and oxygen atoms in total. The molecule has 1 aromatic heterocycles. The highest BCUT2D eigenvalue weighted by atomic mass is 35.5. The molecule has 0 radical (unpaired) electrons. The van der Waals surface area contributed by atoms with Crippen LogP contribution in [0.2, 0.25) is 0 Å². The first-order valence-corrected chi connectivity index (χ1v) is 8.72. The quantitative estimate of drug-likeness (QED) is 0.845. The lowest BCUT2D eigenvalue weighted by Gasteiger charge is -2.34. The minimum absolute atomic E-state index is 0. The fourth-order valence-electron chi connectivity index (χ4n) is 2.90. The molecule has 0 bridgehead atoms. The lowest BCUT2D eigenvalue weighted by molar-refractivity contribution is 0.0618. The van der Waals surface area contributed by atoms with Crippen molar-refractivity contribution in [1.82, 2.24) is 9.88 Å². The molecule has 1 unspecified atom stereocenters. The first-order chi connectivity index (χ1) is 11.2. The number of piperidine rings is 1. The smallest absolute Gasteiger partial charge is 0.273 e. The van der Waals surface area contributed by atoms with E-state index in [0.717, 1.165) is 42.1 Å². The molecule has 1 aromatic carbocycles. The SMILES string of the molecule is COc1ccc(-c2nc(C(=O)N3CCCCC3CN)cs2)cc1.Cl.Cl. The Morgan fingerprint density at radius 1 is 1.32 bits per heavy atom. The number of aromatic nitrogens is 1.